The molecular formula is C18H32N4O. The molecule has 1 aromatic carbocycles. The molecule has 23 heavy (non-hydrogen) atoms. The lowest BCUT2D eigenvalue weighted by molar-refractivity contribution is 0.336. The Kier molecular flexibility index (Phi) is 9.14. The third kappa shape index (κ3) is 7.37. The van der Waals surface area contributed by atoms with Gasteiger partial charge in [-0.2, -0.15) is 0 Å². The summed E-state index contributed by atoms with van der Waals surface area (Å²) in [5.41, 5.74) is 2.31. The number of hydrogen-bond acceptors (Lipinski definition) is 3. The van der Waals surface area contributed by atoms with E-state index in [1.54, 1.807) is 0 Å². The number of guanidine groups is 1. The Balaban J connectivity index is 2.69. The molecule has 0 atom stereocenters. The minimum Gasteiger partial charge on any atom is -0.494 e. The zero-order chi connectivity index (χ0) is 17.1. The highest BCUT2D eigenvalue weighted by Gasteiger charge is 2.04. The Hall–Kier alpha value is -1.75. The standard InChI is InChI=1S/C18H32N4O/c1-6-19-18(20-11-12-22(5)7-2)21-14-16-10-9-15(4)13-17(16)23-8-3/h9-10,13H,6-8,11-12,14H2,1-5H3,(H2,19,20,21). The Morgan fingerprint density at radius 1 is 1.22 bits per heavy atom. The number of rotatable bonds is 9. The summed E-state index contributed by atoms with van der Waals surface area (Å²) in [5.74, 6) is 1.78. The van der Waals surface area contributed by atoms with E-state index in [0.717, 1.165) is 43.5 Å². The van der Waals surface area contributed by atoms with Crippen molar-refractivity contribution in [1.29, 1.82) is 0 Å². The number of nitrogens with zero attached hydrogens (tertiary/aromatic N) is 2. The van der Waals surface area contributed by atoms with E-state index < -0.39 is 0 Å². The number of hydrogen-bond donors (Lipinski definition) is 2. The molecule has 0 aromatic heterocycles. The molecule has 0 amide bonds. The number of nitrogens with one attached hydrogen (secondary N) is 2. The molecular weight excluding hydrogens is 288 g/mol. The minimum atomic E-state index is 0.606. The van der Waals surface area contributed by atoms with Gasteiger partial charge in [0.2, 0.25) is 0 Å². The van der Waals surface area contributed by atoms with Crippen molar-refractivity contribution >= 4 is 5.96 Å². The van der Waals surface area contributed by atoms with Gasteiger partial charge in [-0.05, 0) is 46.0 Å². The van der Waals surface area contributed by atoms with Crippen LogP contribution in [-0.2, 0) is 6.54 Å². The van der Waals surface area contributed by atoms with Gasteiger partial charge < -0.3 is 20.3 Å². The van der Waals surface area contributed by atoms with Crippen molar-refractivity contribution < 1.29 is 4.74 Å². The van der Waals surface area contributed by atoms with Crippen LogP contribution in [0.4, 0.5) is 0 Å². The normalized spacial score (nSPS) is 11.7. The van der Waals surface area contributed by atoms with Crippen LogP contribution in [0.25, 0.3) is 0 Å². The number of aliphatic imine (C=N–C) groups is 1. The number of ether oxygens (including phenoxy) is 1. The van der Waals surface area contributed by atoms with Crippen molar-refractivity contribution in [1.82, 2.24) is 15.5 Å². The SMILES string of the molecule is CCNC(=NCc1ccc(C)cc1OCC)NCCN(C)CC. The smallest absolute Gasteiger partial charge is 0.191 e. The molecule has 0 saturated heterocycles. The van der Waals surface area contributed by atoms with Crippen molar-refractivity contribution in [2.24, 2.45) is 4.99 Å². The summed E-state index contributed by atoms with van der Waals surface area (Å²) in [6.07, 6.45) is 0. The number of aryl methyl sites for hydroxylation is 1. The molecule has 5 nitrogen and oxygen atoms in total. The monoisotopic (exact) mass is 320 g/mol. The van der Waals surface area contributed by atoms with E-state index in [4.69, 9.17) is 4.74 Å². The van der Waals surface area contributed by atoms with Crippen LogP contribution >= 0.6 is 0 Å². The summed E-state index contributed by atoms with van der Waals surface area (Å²) >= 11 is 0. The van der Waals surface area contributed by atoms with Crippen LogP contribution in [0, 0.1) is 6.92 Å². The molecule has 0 aliphatic rings. The number of benzene rings is 1. The third-order valence-corrected chi connectivity index (χ3v) is 3.60. The Morgan fingerprint density at radius 2 is 2.00 bits per heavy atom. The summed E-state index contributed by atoms with van der Waals surface area (Å²) in [5, 5.41) is 6.66. The van der Waals surface area contributed by atoms with E-state index >= 15 is 0 Å². The Morgan fingerprint density at radius 3 is 2.65 bits per heavy atom. The van der Waals surface area contributed by atoms with Crippen molar-refractivity contribution in [3.63, 3.8) is 0 Å². The zero-order valence-corrected chi connectivity index (χ0v) is 15.3. The summed E-state index contributed by atoms with van der Waals surface area (Å²) in [6.45, 7) is 13.4. The molecule has 0 bridgehead atoms. The molecule has 2 N–H and O–H groups in total. The second-order valence-electron chi connectivity index (χ2n) is 5.56. The first kappa shape index (κ1) is 19.3. The fourth-order valence-corrected chi connectivity index (χ4v) is 2.11. The molecule has 0 saturated carbocycles. The third-order valence-electron chi connectivity index (χ3n) is 3.60. The Labute approximate surface area is 141 Å². The van der Waals surface area contributed by atoms with Gasteiger partial charge in [0.15, 0.2) is 5.96 Å². The molecule has 0 fully saturated rings. The lowest BCUT2D eigenvalue weighted by Crippen LogP contribution is -2.40. The van der Waals surface area contributed by atoms with Crippen molar-refractivity contribution in [3.05, 3.63) is 29.3 Å². The minimum absolute atomic E-state index is 0.606. The first-order valence-electron chi connectivity index (χ1n) is 8.53. The number of likely N-dealkylation sites (N-methyl/N-ethyl adjacent to an activating group) is 1. The van der Waals surface area contributed by atoms with Gasteiger partial charge in [0.25, 0.3) is 0 Å². The molecule has 0 radical (unpaired) electrons. The summed E-state index contributed by atoms with van der Waals surface area (Å²) in [4.78, 5) is 6.94. The molecule has 1 rings (SSSR count). The molecule has 0 aliphatic heterocycles. The molecule has 130 valence electrons. The topological polar surface area (TPSA) is 48.9 Å². The van der Waals surface area contributed by atoms with Gasteiger partial charge in [-0.25, -0.2) is 4.99 Å². The maximum Gasteiger partial charge on any atom is 0.191 e. The van der Waals surface area contributed by atoms with E-state index in [-0.39, 0.29) is 0 Å². The van der Waals surface area contributed by atoms with Crippen molar-refractivity contribution in [2.45, 2.75) is 34.2 Å². The van der Waals surface area contributed by atoms with Gasteiger partial charge in [0.1, 0.15) is 5.75 Å². The van der Waals surface area contributed by atoms with E-state index in [2.05, 4.69) is 66.5 Å². The average Bonchev–Trinajstić information content (AvgIpc) is 2.54. The quantitative estimate of drug-likeness (QED) is 0.542. The Bertz CT molecular complexity index is 488. The van der Waals surface area contributed by atoms with Crippen LogP contribution in [0.1, 0.15) is 31.9 Å². The molecule has 0 aliphatic carbocycles. The zero-order valence-electron chi connectivity index (χ0n) is 15.3. The van der Waals surface area contributed by atoms with Gasteiger partial charge in [0, 0.05) is 25.2 Å². The second kappa shape index (κ2) is 10.9. The van der Waals surface area contributed by atoms with Crippen molar-refractivity contribution in [2.75, 3.05) is 39.8 Å². The largest absolute Gasteiger partial charge is 0.494 e. The van der Waals surface area contributed by atoms with Gasteiger partial charge in [-0.1, -0.05) is 19.1 Å². The van der Waals surface area contributed by atoms with E-state index in [0.29, 0.717) is 13.2 Å². The average molecular weight is 320 g/mol. The lowest BCUT2D eigenvalue weighted by atomic mass is 10.1. The van der Waals surface area contributed by atoms with Crippen LogP contribution in [0.5, 0.6) is 5.75 Å². The van der Waals surface area contributed by atoms with Gasteiger partial charge in [-0.15, -0.1) is 0 Å². The second-order valence-corrected chi connectivity index (χ2v) is 5.56. The van der Waals surface area contributed by atoms with Crippen LogP contribution in [-0.4, -0.2) is 50.7 Å². The first-order valence-corrected chi connectivity index (χ1v) is 8.53. The predicted molar refractivity (Wildman–Crippen MR) is 98.3 cm³/mol. The highest BCUT2D eigenvalue weighted by Crippen LogP contribution is 2.21. The fourth-order valence-electron chi connectivity index (χ4n) is 2.11. The summed E-state index contributed by atoms with van der Waals surface area (Å²) < 4.78 is 5.72. The molecule has 1 aromatic rings. The molecule has 0 unspecified atom stereocenters. The molecule has 0 spiro atoms. The van der Waals surface area contributed by atoms with Crippen LogP contribution < -0.4 is 15.4 Å². The maximum absolute atomic E-state index is 5.72. The highest BCUT2D eigenvalue weighted by atomic mass is 16.5. The fraction of sp³-hybridized carbons (Fsp3) is 0.611. The van der Waals surface area contributed by atoms with Gasteiger partial charge in [-0.3, -0.25) is 0 Å². The summed E-state index contributed by atoms with van der Waals surface area (Å²) in [7, 11) is 2.12. The van der Waals surface area contributed by atoms with Crippen molar-refractivity contribution in [3.8, 4) is 5.75 Å². The summed E-state index contributed by atoms with van der Waals surface area (Å²) in [6, 6.07) is 6.27. The highest BCUT2D eigenvalue weighted by molar-refractivity contribution is 5.79. The van der Waals surface area contributed by atoms with Crippen LogP contribution in [0.15, 0.2) is 23.2 Å². The van der Waals surface area contributed by atoms with Crippen LogP contribution in [0.3, 0.4) is 0 Å². The first-order chi connectivity index (χ1) is 11.1. The van der Waals surface area contributed by atoms with E-state index in [1.165, 1.54) is 5.56 Å². The molecule has 5 heteroatoms. The van der Waals surface area contributed by atoms with Gasteiger partial charge >= 0.3 is 0 Å². The van der Waals surface area contributed by atoms with E-state index in [1.807, 2.05) is 6.92 Å². The molecule has 0 heterocycles. The maximum atomic E-state index is 5.72. The van der Waals surface area contributed by atoms with Gasteiger partial charge in [0.05, 0.1) is 13.2 Å². The van der Waals surface area contributed by atoms with Crippen LogP contribution in [0.2, 0.25) is 0 Å². The lowest BCUT2D eigenvalue weighted by Gasteiger charge is -2.16. The predicted octanol–water partition coefficient (Wildman–Crippen LogP) is 2.40. The van der Waals surface area contributed by atoms with E-state index in [9.17, 15) is 0 Å².